The van der Waals surface area contributed by atoms with Crippen LogP contribution in [0.5, 0.6) is 5.75 Å². The van der Waals surface area contributed by atoms with E-state index in [1.165, 1.54) is 5.56 Å². The van der Waals surface area contributed by atoms with Gasteiger partial charge in [0.15, 0.2) is 0 Å². The van der Waals surface area contributed by atoms with Crippen LogP contribution in [0.3, 0.4) is 0 Å². The van der Waals surface area contributed by atoms with Crippen molar-refractivity contribution in [3.8, 4) is 5.75 Å². The SMILES string of the molecule is CCOC(=O)CCCNC(C)c1ccc(OC)c(Br)c1. The minimum Gasteiger partial charge on any atom is -0.496 e. The third-order valence-corrected chi connectivity index (χ3v) is 3.61. The van der Waals surface area contributed by atoms with Crippen molar-refractivity contribution in [2.24, 2.45) is 0 Å². The van der Waals surface area contributed by atoms with Gasteiger partial charge in [-0.2, -0.15) is 0 Å². The maximum Gasteiger partial charge on any atom is 0.305 e. The Morgan fingerprint density at radius 2 is 2.20 bits per heavy atom. The molecule has 112 valence electrons. The van der Waals surface area contributed by atoms with E-state index in [4.69, 9.17) is 9.47 Å². The van der Waals surface area contributed by atoms with Crippen LogP contribution in [0.1, 0.15) is 38.3 Å². The van der Waals surface area contributed by atoms with Crippen molar-refractivity contribution in [2.75, 3.05) is 20.3 Å². The van der Waals surface area contributed by atoms with E-state index in [0.29, 0.717) is 13.0 Å². The summed E-state index contributed by atoms with van der Waals surface area (Å²) in [5.74, 6) is 0.692. The lowest BCUT2D eigenvalue weighted by molar-refractivity contribution is -0.143. The summed E-state index contributed by atoms with van der Waals surface area (Å²) in [6.45, 7) is 5.14. The van der Waals surface area contributed by atoms with E-state index < -0.39 is 0 Å². The second-order valence-electron chi connectivity index (χ2n) is 4.48. The minimum absolute atomic E-state index is 0.130. The van der Waals surface area contributed by atoms with E-state index in [1.807, 2.05) is 25.1 Å². The molecule has 0 spiro atoms. The Morgan fingerprint density at radius 1 is 1.45 bits per heavy atom. The van der Waals surface area contributed by atoms with Gasteiger partial charge in [-0.05, 0) is 60.4 Å². The first-order chi connectivity index (χ1) is 9.58. The number of carbonyl (C=O) groups is 1. The second kappa shape index (κ2) is 8.97. The molecule has 1 rings (SSSR count). The molecule has 0 aliphatic carbocycles. The zero-order valence-electron chi connectivity index (χ0n) is 12.2. The summed E-state index contributed by atoms with van der Waals surface area (Å²) in [5.41, 5.74) is 1.17. The Hall–Kier alpha value is -1.07. The molecule has 0 heterocycles. The van der Waals surface area contributed by atoms with Gasteiger partial charge in [0.1, 0.15) is 5.75 Å². The topological polar surface area (TPSA) is 47.6 Å². The fraction of sp³-hybridized carbons (Fsp3) is 0.533. The Balaban J connectivity index is 2.37. The van der Waals surface area contributed by atoms with Crippen LogP contribution in [0.2, 0.25) is 0 Å². The van der Waals surface area contributed by atoms with Crippen molar-refractivity contribution in [2.45, 2.75) is 32.7 Å². The predicted octanol–water partition coefficient (Wildman–Crippen LogP) is 3.45. The molecule has 1 aromatic rings. The van der Waals surface area contributed by atoms with Gasteiger partial charge in [-0.15, -0.1) is 0 Å². The van der Waals surface area contributed by atoms with E-state index in [9.17, 15) is 4.79 Å². The Morgan fingerprint density at radius 3 is 2.80 bits per heavy atom. The summed E-state index contributed by atoms with van der Waals surface area (Å²) in [6, 6.07) is 6.24. The first-order valence-electron chi connectivity index (χ1n) is 6.81. The summed E-state index contributed by atoms with van der Waals surface area (Å²) in [5, 5.41) is 3.39. The summed E-state index contributed by atoms with van der Waals surface area (Å²) >= 11 is 3.48. The summed E-state index contributed by atoms with van der Waals surface area (Å²) in [6.07, 6.45) is 1.24. The predicted molar refractivity (Wildman–Crippen MR) is 83.0 cm³/mol. The van der Waals surface area contributed by atoms with Gasteiger partial charge >= 0.3 is 5.97 Å². The van der Waals surface area contributed by atoms with Crippen LogP contribution < -0.4 is 10.1 Å². The number of ether oxygens (including phenoxy) is 2. The molecule has 0 aliphatic heterocycles. The number of rotatable bonds is 8. The number of nitrogens with one attached hydrogen (secondary N) is 1. The lowest BCUT2D eigenvalue weighted by atomic mass is 10.1. The van der Waals surface area contributed by atoms with Crippen molar-refractivity contribution in [1.29, 1.82) is 0 Å². The minimum atomic E-state index is -0.130. The summed E-state index contributed by atoms with van der Waals surface area (Å²) in [4.78, 5) is 11.2. The molecule has 0 amide bonds. The van der Waals surface area contributed by atoms with Crippen molar-refractivity contribution in [3.63, 3.8) is 0 Å². The van der Waals surface area contributed by atoms with Crippen molar-refractivity contribution in [1.82, 2.24) is 5.32 Å². The van der Waals surface area contributed by atoms with E-state index in [0.717, 1.165) is 23.2 Å². The number of hydrogen-bond acceptors (Lipinski definition) is 4. The zero-order valence-corrected chi connectivity index (χ0v) is 13.8. The number of esters is 1. The molecule has 1 aromatic carbocycles. The van der Waals surface area contributed by atoms with E-state index in [1.54, 1.807) is 7.11 Å². The van der Waals surface area contributed by atoms with E-state index in [-0.39, 0.29) is 12.0 Å². The normalized spacial score (nSPS) is 12.0. The fourth-order valence-corrected chi connectivity index (χ4v) is 2.41. The molecular formula is C15H22BrNO3. The van der Waals surface area contributed by atoms with Crippen LogP contribution in [0.4, 0.5) is 0 Å². The van der Waals surface area contributed by atoms with E-state index in [2.05, 4.69) is 28.2 Å². The van der Waals surface area contributed by atoms with Crippen LogP contribution in [0.25, 0.3) is 0 Å². The molecule has 20 heavy (non-hydrogen) atoms. The number of benzene rings is 1. The molecule has 0 aromatic heterocycles. The maximum atomic E-state index is 11.2. The quantitative estimate of drug-likeness (QED) is 0.580. The molecule has 0 bridgehead atoms. The van der Waals surface area contributed by atoms with Gasteiger partial charge in [-0.3, -0.25) is 4.79 Å². The highest BCUT2D eigenvalue weighted by molar-refractivity contribution is 9.10. The molecule has 0 radical (unpaired) electrons. The molecule has 0 saturated heterocycles. The largest absolute Gasteiger partial charge is 0.496 e. The zero-order chi connectivity index (χ0) is 15.0. The fourth-order valence-electron chi connectivity index (χ4n) is 1.85. The number of halogens is 1. The molecule has 1 atom stereocenters. The van der Waals surface area contributed by atoms with Crippen LogP contribution in [0, 0.1) is 0 Å². The molecule has 0 aliphatic rings. The van der Waals surface area contributed by atoms with Crippen molar-refractivity contribution >= 4 is 21.9 Å². The number of carbonyl (C=O) groups excluding carboxylic acids is 1. The number of hydrogen-bond donors (Lipinski definition) is 1. The second-order valence-corrected chi connectivity index (χ2v) is 5.33. The maximum absolute atomic E-state index is 11.2. The Kier molecular flexibility index (Phi) is 7.62. The lowest BCUT2D eigenvalue weighted by Crippen LogP contribution is -2.20. The molecule has 1 unspecified atom stereocenters. The van der Waals surface area contributed by atoms with E-state index >= 15 is 0 Å². The molecular weight excluding hydrogens is 322 g/mol. The van der Waals surface area contributed by atoms with Crippen molar-refractivity contribution < 1.29 is 14.3 Å². The molecule has 1 N–H and O–H groups in total. The van der Waals surface area contributed by atoms with Crippen LogP contribution in [-0.4, -0.2) is 26.2 Å². The highest BCUT2D eigenvalue weighted by Gasteiger charge is 2.08. The molecule has 0 saturated carbocycles. The smallest absolute Gasteiger partial charge is 0.305 e. The third-order valence-electron chi connectivity index (χ3n) is 2.99. The van der Waals surface area contributed by atoms with Gasteiger partial charge in [0.2, 0.25) is 0 Å². The average Bonchev–Trinajstić information content (AvgIpc) is 2.43. The summed E-state index contributed by atoms with van der Waals surface area (Å²) in [7, 11) is 1.65. The highest BCUT2D eigenvalue weighted by atomic mass is 79.9. The van der Waals surface area contributed by atoms with Gasteiger partial charge in [-0.1, -0.05) is 6.07 Å². The first-order valence-corrected chi connectivity index (χ1v) is 7.60. The molecule has 4 nitrogen and oxygen atoms in total. The Bertz CT molecular complexity index is 437. The summed E-state index contributed by atoms with van der Waals surface area (Å²) < 4.78 is 11.0. The number of methoxy groups -OCH3 is 1. The molecule has 5 heteroatoms. The van der Waals surface area contributed by atoms with Crippen LogP contribution in [-0.2, 0) is 9.53 Å². The highest BCUT2D eigenvalue weighted by Crippen LogP contribution is 2.27. The van der Waals surface area contributed by atoms with Gasteiger partial charge in [-0.25, -0.2) is 0 Å². The van der Waals surface area contributed by atoms with Crippen molar-refractivity contribution in [3.05, 3.63) is 28.2 Å². The van der Waals surface area contributed by atoms with Crippen LogP contribution in [0.15, 0.2) is 22.7 Å². The standard InChI is InChI=1S/C15H22BrNO3/c1-4-20-15(18)6-5-9-17-11(2)12-7-8-14(19-3)13(16)10-12/h7-8,10-11,17H,4-6,9H2,1-3H3. The third kappa shape index (κ3) is 5.51. The first kappa shape index (κ1) is 17.0. The lowest BCUT2D eigenvalue weighted by Gasteiger charge is -2.15. The van der Waals surface area contributed by atoms with Crippen LogP contribution >= 0.6 is 15.9 Å². The van der Waals surface area contributed by atoms with Gasteiger partial charge in [0, 0.05) is 12.5 Å². The van der Waals surface area contributed by atoms with Gasteiger partial charge < -0.3 is 14.8 Å². The molecule has 0 fully saturated rings. The van der Waals surface area contributed by atoms with Gasteiger partial charge in [0.05, 0.1) is 18.2 Å². The average molecular weight is 344 g/mol. The van der Waals surface area contributed by atoms with Gasteiger partial charge in [0.25, 0.3) is 0 Å². The Labute approximate surface area is 129 Å². The monoisotopic (exact) mass is 343 g/mol.